The van der Waals surface area contributed by atoms with Crippen LogP contribution in [0.1, 0.15) is 56.2 Å². The van der Waals surface area contributed by atoms with Gasteiger partial charge in [0.1, 0.15) is 11.3 Å². The molecule has 1 fully saturated rings. The minimum atomic E-state index is -1.14. The molecule has 0 saturated carbocycles. The topological polar surface area (TPSA) is 89.1 Å². The highest BCUT2D eigenvalue weighted by molar-refractivity contribution is 5.94. The Bertz CT molecular complexity index is 750. The smallest absolute Gasteiger partial charge is 0.257 e. The normalized spacial score (nSPS) is 20.8. The van der Waals surface area contributed by atoms with E-state index in [1.165, 1.54) is 0 Å². The fraction of sp³-hybridized carbons (Fsp3) is 0.647. The van der Waals surface area contributed by atoms with E-state index in [1.807, 2.05) is 13.8 Å². The van der Waals surface area contributed by atoms with Gasteiger partial charge in [-0.2, -0.15) is 5.10 Å². The molecule has 136 valence electrons. The van der Waals surface area contributed by atoms with E-state index >= 15 is 0 Å². The van der Waals surface area contributed by atoms with Crippen molar-refractivity contribution in [3.05, 3.63) is 29.8 Å². The second-order valence-corrected chi connectivity index (χ2v) is 7.53. The minimum Gasteiger partial charge on any atom is -0.381 e. The lowest BCUT2D eigenvalue weighted by molar-refractivity contribution is 0.0381. The van der Waals surface area contributed by atoms with Gasteiger partial charge in [-0.15, -0.1) is 5.10 Å². The second kappa shape index (κ2) is 6.59. The number of hydrogen-bond acceptors (Lipinski definition) is 5. The van der Waals surface area contributed by atoms with Gasteiger partial charge in [0.15, 0.2) is 0 Å². The van der Waals surface area contributed by atoms with Crippen molar-refractivity contribution in [1.29, 1.82) is 0 Å². The van der Waals surface area contributed by atoms with Crippen molar-refractivity contribution in [3.63, 3.8) is 0 Å². The van der Waals surface area contributed by atoms with Gasteiger partial charge in [0.25, 0.3) is 5.91 Å². The van der Waals surface area contributed by atoms with Crippen LogP contribution in [0.15, 0.2) is 18.6 Å². The zero-order valence-corrected chi connectivity index (χ0v) is 15.3. The molecule has 1 N–H and O–H groups in total. The van der Waals surface area contributed by atoms with Crippen LogP contribution in [0.4, 0.5) is 0 Å². The summed E-state index contributed by atoms with van der Waals surface area (Å²) in [5, 5.41) is 23.3. The Balaban J connectivity index is 1.70. The number of rotatable bonds is 5. The van der Waals surface area contributed by atoms with E-state index in [0.717, 1.165) is 6.54 Å². The predicted molar refractivity (Wildman–Crippen MR) is 91.9 cm³/mol. The first kappa shape index (κ1) is 17.6. The molecule has 1 atom stereocenters. The third-order valence-electron chi connectivity index (χ3n) is 4.48. The zero-order chi connectivity index (χ0) is 18.2. The second-order valence-electron chi connectivity index (χ2n) is 7.53. The summed E-state index contributed by atoms with van der Waals surface area (Å²) in [5.41, 5.74) is -0.0702. The van der Waals surface area contributed by atoms with E-state index in [2.05, 4.69) is 29.3 Å². The monoisotopic (exact) mass is 346 g/mol. The molecule has 2 aromatic rings. The molecule has 8 heteroatoms. The summed E-state index contributed by atoms with van der Waals surface area (Å²) in [4.78, 5) is 14.4. The van der Waals surface area contributed by atoms with Gasteiger partial charge in [0.05, 0.1) is 24.5 Å². The maximum Gasteiger partial charge on any atom is 0.257 e. The Morgan fingerprint density at radius 2 is 2.08 bits per heavy atom. The molecule has 25 heavy (non-hydrogen) atoms. The molecule has 3 rings (SSSR count). The molecule has 2 aromatic heterocycles. The van der Waals surface area contributed by atoms with Crippen LogP contribution in [-0.2, 0) is 12.1 Å². The van der Waals surface area contributed by atoms with Gasteiger partial charge in [-0.1, -0.05) is 19.1 Å². The van der Waals surface area contributed by atoms with Gasteiger partial charge in [-0.3, -0.25) is 9.48 Å². The highest BCUT2D eigenvalue weighted by Crippen LogP contribution is 2.31. The van der Waals surface area contributed by atoms with Gasteiger partial charge in [-0.25, -0.2) is 4.68 Å². The van der Waals surface area contributed by atoms with E-state index in [1.54, 1.807) is 32.9 Å². The summed E-state index contributed by atoms with van der Waals surface area (Å²) in [5.74, 6) is 0.352. The highest BCUT2D eigenvalue weighted by atomic mass is 16.3. The number of amides is 1. The van der Waals surface area contributed by atoms with Crippen LogP contribution in [-0.4, -0.2) is 53.8 Å². The molecule has 8 nitrogen and oxygen atoms in total. The maximum atomic E-state index is 12.7. The average molecular weight is 346 g/mol. The number of carbonyl (C=O) groups is 1. The fourth-order valence-electron chi connectivity index (χ4n) is 3.05. The maximum absolute atomic E-state index is 12.7. The summed E-state index contributed by atoms with van der Waals surface area (Å²) < 4.78 is 3.50. The van der Waals surface area contributed by atoms with Crippen LogP contribution in [0.25, 0.3) is 0 Å². The Morgan fingerprint density at radius 3 is 2.72 bits per heavy atom. The lowest BCUT2D eigenvalue weighted by Gasteiger charge is -2.20. The standard InChI is InChI=1S/C17H26N6O2/c1-12(2)8-22-9-14(7-18-22)16(24)21-6-5-17(25,11-21)15-10-23(13(3)4)20-19-15/h7,9-10,12-13,25H,5-6,8,11H2,1-4H3. The number of likely N-dealkylation sites (tertiary alicyclic amines) is 1. The SMILES string of the molecule is CC(C)Cn1cc(C(=O)N2CCC(O)(c3cn(C(C)C)nn3)C2)cn1. The van der Waals surface area contributed by atoms with Crippen LogP contribution in [0.3, 0.4) is 0 Å². The van der Waals surface area contributed by atoms with Crippen molar-refractivity contribution < 1.29 is 9.90 Å². The number of hydrogen-bond donors (Lipinski definition) is 1. The van der Waals surface area contributed by atoms with Crippen LogP contribution in [0.5, 0.6) is 0 Å². The fourth-order valence-corrected chi connectivity index (χ4v) is 3.05. The summed E-state index contributed by atoms with van der Waals surface area (Å²) in [6, 6.07) is 0.177. The van der Waals surface area contributed by atoms with Crippen molar-refractivity contribution in [3.8, 4) is 0 Å². The molecule has 1 aliphatic heterocycles. The molecular weight excluding hydrogens is 320 g/mol. The van der Waals surface area contributed by atoms with Crippen molar-refractivity contribution in [1.82, 2.24) is 29.7 Å². The highest BCUT2D eigenvalue weighted by Gasteiger charge is 2.42. The number of nitrogens with zero attached hydrogens (tertiary/aromatic N) is 6. The van der Waals surface area contributed by atoms with E-state index in [4.69, 9.17) is 0 Å². The van der Waals surface area contributed by atoms with Crippen molar-refractivity contribution in [2.24, 2.45) is 5.92 Å². The first-order valence-corrected chi connectivity index (χ1v) is 8.75. The van der Waals surface area contributed by atoms with E-state index < -0.39 is 5.60 Å². The van der Waals surface area contributed by atoms with Crippen LogP contribution in [0, 0.1) is 5.92 Å². The summed E-state index contributed by atoms with van der Waals surface area (Å²) in [6.07, 6.45) is 5.58. The lowest BCUT2D eigenvalue weighted by atomic mass is 10.00. The van der Waals surface area contributed by atoms with E-state index in [-0.39, 0.29) is 18.5 Å². The average Bonchev–Trinajstić information content (AvgIpc) is 3.24. The zero-order valence-electron chi connectivity index (χ0n) is 15.3. The lowest BCUT2D eigenvalue weighted by Crippen LogP contribution is -2.34. The molecular formula is C17H26N6O2. The molecule has 0 aromatic carbocycles. The molecule has 1 aliphatic rings. The van der Waals surface area contributed by atoms with Crippen LogP contribution >= 0.6 is 0 Å². The molecule has 0 aliphatic carbocycles. The van der Waals surface area contributed by atoms with Crippen molar-refractivity contribution in [2.45, 2.75) is 52.3 Å². The summed E-state index contributed by atoms with van der Waals surface area (Å²) in [6.45, 7) is 9.69. The summed E-state index contributed by atoms with van der Waals surface area (Å²) in [7, 11) is 0. The van der Waals surface area contributed by atoms with E-state index in [9.17, 15) is 9.90 Å². The first-order chi connectivity index (χ1) is 11.8. The Morgan fingerprint density at radius 1 is 1.32 bits per heavy atom. The van der Waals surface area contributed by atoms with Gasteiger partial charge in [0, 0.05) is 31.7 Å². The summed E-state index contributed by atoms with van der Waals surface area (Å²) >= 11 is 0. The van der Waals surface area contributed by atoms with Crippen LogP contribution < -0.4 is 0 Å². The Labute approximate surface area is 147 Å². The van der Waals surface area contributed by atoms with Gasteiger partial charge in [-0.05, 0) is 19.8 Å². The van der Waals surface area contributed by atoms with Gasteiger partial charge in [0.2, 0.25) is 0 Å². The number of β-amino-alcohol motifs (C(OH)–C–C–N with tert-alkyl or cyclic N) is 1. The number of aromatic nitrogens is 5. The number of carbonyl (C=O) groups excluding carboxylic acids is 1. The van der Waals surface area contributed by atoms with Gasteiger partial charge >= 0.3 is 0 Å². The van der Waals surface area contributed by atoms with E-state index in [0.29, 0.717) is 30.1 Å². The van der Waals surface area contributed by atoms with Crippen molar-refractivity contribution in [2.75, 3.05) is 13.1 Å². The van der Waals surface area contributed by atoms with Crippen LogP contribution in [0.2, 0.25) is 0 Å². The van der Waals surface area contributed by atoms with Gasteiger partial charge < -0.3 is 10.0 Å². The molecule has 1 unspecified atom stereocenters. The third kappa shape index (κ3) is 3.58. The largest absolute Gasteiger partial charge is 0.381 e. The number of aliphatic hydroxyl groups is 1. The molecule has 0 bridgehead atoms. The molecule has 0 radical (unpaired) electrons. The predicted octanol–water partition coefficient (Wildman–Crippen LogP) is 1.45. The third-order valence-corrected chi connectivity index (χ3v) is 4.48. The molecule has 3 heterocycles. The Kier molecular flexibility index (Phi) is 4.64. The molecule has 1 saturated heterocycles. The quantitative estimate of drug-likeness (QED) is 0.885. The minimum absolute atomic E-state index is 0.109. The molecule has 0 spiro atoms. The molecule has 1 amide bonds. The Hall–Kier alpha value is -2.22. The van der Waals surface area contributed by atoms with Crippen molar-refractivity contribution >= 4 is 5.91 Å². The first-order valence-electron chi connectivity index (χ1n) is 8.75.